The minimum Gasteiger partial charge on any atom is -0.376 e. The van der Waals surface area contributed by atoms with Crippen molar-refractivity contribution < 1.29 is 9.47 Å². The van der Waals surface area contributed by atoms with Crippen LogP contribution in [0.4, 0.5) is 0 Å². The largest absolute Gasteiger partial charge is 0.376 e. The highest BCUT2D eigenvalue weighted by Crippen LogP contribution is 2.15. The SMILES string of the molecule is CC(C)(C)NCc1ccccc1COCC1CCCO1. The van der Waals surface area contributed by atoms with Gasteiger partial charge < -0.3 is 14.8 Å². The maximum absolute atomic E-state index is 5.82. The van der Waals surface area contributed by atoms with Gasteiger partial charge in [-0.3, -0.25) is 0 Å². The summed E-state index contributed by atoms with van der Waals surface area (Å²) in [7, 11) is 0. The van der Waals surface area contributed by atoms with Crippen molar-refractivity contribution in [2.45, 2.75) is 58.4 Å². The molecule has 2 rings (SSSR count). The number of hydrogen-bond donors (Lipinski definition) is 1. The molecule has 1 N–H and O–H groups in total. The van der Waals surface area contributed by atoms with Crippen LogP contribution < -0.4 is 5.32 Å². The molecule has 1 fully saturated rings. The average Bonchev–Trinajstić information content (AvgIpc) is 2.90. The second kappa shape index (κ2) is 7.21. The minimum atomic E-state index is 0.131. The maximum Gasteiger partial charge on any atom is 0.0809 e. The fourth-order valence-corrected chi connectivity index (χ4v) is 2.31. The lowest BCUT2D eigenvalue weighted by Crippen LogP contribution is -2.35. The molecule has 1 aliphatic rings. The third-order valence-electron chi connectivity index (χ3n) is 3.51. The van der Waals surface area contributed by atoms with Crippen LogP contribution in [0.2, 0.25) is 0 Å². The van der Waals surface area contributed by atoms with Gasteiger partial charge in [0.2, 0.25) is 0 Å². The summed E-state index contributed by atoms with van der Waals surface area (Å²) >= 11 is 0. The van der Waals surface area contributed by atoms with E-state index in [9.17, 15) is 0 Å². The van der Waals surface area contributed by atoms with Gasteiger partial charge in [0.25, 0.3) is 0 Å². The van der Waals surface area contributed by atoms with Gasteiger partial charge >= 0.3 is 0 Å². The monoisotopic (exact) mass is 277 g/mol. The quantitative estimate of drug-likeness (QED) is 0.865. The molecule has 20 heavy (non-hydrogen) atoms. The van der Waals surface area contributed by atoms with Crippen molar-refractivity contribution in [2.75, 3.05) is 13.2 Å². The van der Waals surface area contributed by atoms with Crippen molar-refractivity contribution >= 4 is 0 Å². The minimum absolute atomic E-state index is 0.131. The van der Waals surface area contributed by atoms with Gasteiger partial charge in [0.15, 0.2) is 0 Å². The van der Waals surface area contributed by atoms with Crippen LogP contribution in [0.3, 0.4) is 0 Å². The van der Waals surface area contributed by atoms with Crippen LogP contribution in [0.1, 0.15) is 44.7 Å². The summed E-state index contributed by atoms with van der Waals surface area (Å²) in [5.41, 5.74) is 2.71. The normalized spacial score (nSPS) is 19.4. The molecular weight excluding hydrogens is 250 g/mol. The summed E-state index contributed by atoms with van der Waals surface area (Å²) in [5.74, 6) is 0. The van der Waals surface area contributed by atoms with E-state index in [1.54, 1.807) is 0 Å². The lowest BCUT2D eigenvalue weighted by Gasteiger charge is -2.21. The third kappa shape index (κ3) is 5.23. The highest BCUT2D eigenvalue weighted by molar-refractivity contribution is 5.26. The Kier molecular flexibility index (Phi) is 5.58. The second-order valence-corrected chi connectivity index (χ2v) is 6.52. The Morgan fingerprint density at radius 3 is 2.65 bits per heavy atom. The van der Waals surface area contributed by atoms with Crippen molar-refractivity contribution in [3.8, 4) is 0 Å². The Hall–Kier alpha value is -0.900. The van der Waals surface area contributed by atoms with Crippen molar-refractivity contribution in [3.05, 3.63) is 35.4 Å². The van der Waals surface area contributed by atoms with Crippen LogP contribution in [0.25, 0.3) is 0 Å². The molecule has 0 amide bonds. The maximum atomic E-state index is 5.82. The van der Waals surface area contributed by atoms with Crippen molar-refractivity contribution in [3.63, 3.8) is 0 Å². The third-order valence-corrected chi connectivity index (χ3v) is 3.51. The van der Waals surface area contributed by atoms with E-state index in [1.165, 1.54) is 17.5 Å². The van der Waals surface area contributed by atoms with Crippen LogP contribution in [0, 0.1) is 0 Å². The standard InChI is InChI=1S/C17H27NO2/c1-17(2,3)18-11-14-7-4-5-8-15(14)12-19-13-16-9-6-10-20-16/h4-5,7-8,16,18H,6,9-13H2,1-3H3. The number of benzene rings is 1. The highest BCUT2D eigenvalue weighted by atomic mass is 16.5. The first-order chi connectivity index (χ1) is 9.54. The van der Waals surface area contributed by atoms with Gasteiger partial charge in [0, 0.05) is 18.7 Å². The van der Waals surface area contributed by atoms with E-state index in [0.717, 1.165) is 19.6 Å². The Balaban J connectivity index is 1.83. The van der Waals surface area contributed by atoms with Gasteiger partial charge in [-0.2, -0.15) is 0 Å². The highest BCUT2D eigenvalue weighted by Gasteiger charge is 2.15. The molecule has 0 aliphatic carbocycles. The molecule has 3 heteroatoms. The van der Waals surface area contributed by atoms with E-state index in [4.69, 9.17) is 9.47 Å². The second-order valence-electron chi connectivity index (χ2n) is 6.52. The summed E-state index contributed by atoms with van der Waals surface area (Å²) in [4.78, 5) is 0. The van der Waals surface area contributed by atoms with Crippen LogP contribution >= 0.6 is 0 Å². The molecule has 1 aromatic carbocycles. The molecule has 1 atom stereocenters. The number of rotatable bonds is 6. The van der Waals surface area contributed by atoms with Crippen LogP contribution in [0.15, 0.2) is 24.3 Å². The van der Waals surface area contributed by atoms with Gasteiger partial charge in [-0.05, 0) is 44.7 Å². The Morgan fingerprint density at radius 2 is 2.00 bits per heavy atom. The molecular formula is C17H27NO2. The fraction of sp³-hybridized carbons (Fsp3) is 0.647. The first kappa shape index (κ1) is 15.5. The molecule has 1 unspecified atom stereocenters. The van der Waals surface area contributed by atoms with E-state index in [0.29, 0.717) is 19.3 Å². The predicted octanol–water partition coefficient (Wildman–Crippen LogP) is 3.27. The molecule has 112 valence electrons. The zero-order valence-corrected chi connectivity index (χ0v) is 12.9. The lowest BCUT2D eigenvalue weighted by molar-refractivity contribution is 0.0104. The van der Waals surface area contributed by atoms with Crippen LogP contribution in [0.5, 0.6) is 0 Å². The number of ether oxygens (including phenoxy) is 2. The number of nitrogens with one attached hydrogen (secondary N) is 1. The molecule has 1 saturated heterocycles. The molecule has 0 aromatic heterocycles. The molecule has 0 bridgehead atoms. The van der Waals surface area contributed by atoms with Gasteiger partial charge in [-0.25, -0.2) is 0 Å². The van der Waals surface area contributed by atoms with Crippen LogP contribution in [-0.2, 0) is 22.6 Å². The molecule has 0 saturated carbocycles. The zero-order valence-electron chi connectivity index (χ0n) is 12.9. The van der Waals surface area contributed by atoms with E-state index < -0.39 is 0 Å². The van der Waals surface area contributed by atoms with Gasteiger partial charge in [0.05, 0.1) is 19.3 Å². The summed E-state index contributed by atoms with van der Waals surface area (Å²) in [6.07, 6.45) is 2.60. The molecule has 3 nitrogen and oxygen atoms in total. The van der Waals surface area contributed by atoms with Crippen molar-refractivity contribution in [1.82, 2.24) is 5.32 Å². The van der Waals surface area contributed by atoms with E-state index >= 15 is 0 Å². The van der Waals surface area contributed by atoms with E-state index in [1.807, 2.05) is 0 Å². The molecule has 1 aromatic rings. The smallest absolute Gasteiger partial charge is 0.0809 e. The Morgan fingerprint density at radius 1 is 1.25 bits per heavy atom. The van der Waals surface area contributed by atoms with Crippen molar-refractivity contribution in [2.24, 2.45) is 0 Å². The first-order valence-corrected chi connectivity index (χ1v) is 7.56. The van der Waals surface area contributed by atoms with E-state index in [-0.39, 0.29) is 5.54 Å². The summed E-state index contributed by atoms with van der Waals surface area (Å²) in [6.45, 7) is 9.70. The Bertz CT molecular complexity index is 406. The summed E-state index contributed by atoms with van der Waals surface area (Å²) in [6, 6.07) is 8.48. The van der Waals surface area contributed by atoms with Crippen molar-refractivity contribution in [1.29, 1.82) is 0 Å². The van der Waals surface area contributed by atoms with Crippen LogP contribution in [-0.4, -0.2) is 24.9 Å². The average molecular weight is 277 g/mol. The number of hydrogen-bond acceptors (Lipinski definition) is 3. The molecule has 0 spiro atoms. The van der Waals surface area contributed by atoms with E-state index in [2.05, 4.69) is 50.4 Å². The fourth-order valence-electron chi connectivity index (χ4n) is 2.31. The van der Waals surface area contributed by atoms with Gasteiger partial charge in [-0.15, -0.1) is 0 Å². The molecule has 1 aliphatic heterocycles. The summed E-state index contributed by atoms with van der Waals surface area (Å²) < 4.78 is 11.4. The predicted molar refractivity (Wildman–Crippen MR) is 81.7 cm³/mol. The zero-order chi connectivity index (χ0) is 14.4. The Labute approximate surface area is 122 Å². The van der Waals surface area contributed by atoms with Gasteiger partial charge in [0.1, 0.15) is 0 Å². The first-order valence-electron chi connectivity index (χ1n) is 7.56. The molecule has 0 radical (unpaired) electrons. The topological polar surface area (TPSA) is 30.5 Å². The summed E-state index contributed by atoms with van der Waals surface area (Å²) in [5, 5.41) is 3.53. The van der Waals surface area contributed by atoms with Gasteiger partial charge in [-0.1, -0.05) is 24.3 Å². The molecule has 1 heterocycles. The lowest BCUT2D eigenvalue weighted by atomic mass is 10.1.